The normalized spacial score (nSPS) is 11.6. The summed E-state index contributed by atoms with van der Waals surface area (Å²) >= 11 is 0.987. The molecule has 19 heavy (non-hydrogen) atoms. The van der Waals surface area contributed by atoms with Gasteiger partial charge in [-0.3, -0.25) is 9.71 Å². The maximum Gasteiger partial charge on any atom is 0.263 e. The zero-order chi connectivity index (χ0) is 13.3. The highest BCUT2D eigenvalue weighted by atomic mass is 32.2. The van der Waals surface area contributed by atoms with Crippen LogP contribution in [0.4, 0.5) is 5.13 Å². The van der Waals surface area contributed by atoms with Gasteiger partial charge in [0.15, 0.2) is 0 Å². The van der Waals surface area contributed by atoms with Gasteiger partial charge < -0.3 is 0 Å². The lowest BCUT2D eigenvalue weighted by Crippen LogP contribution is -2.12. The number of sulfonamides is 1. The molecule has 6 nitrogen and oxygen atoms in total. The number of anilines is 1. The van der Waals surface area contributed by atoms with E-state index in [9.17, 15) is 8.42 Å². The summed E-state index contributed by atoms with van der Waals surface area (Å²) in [5, 5.41) is 1.95. The number of fused-ring (bicyclic) bond motifs is 1. The third-order valence-electron chi connectivity index (χ3n) is 2.51. The predicted molar refractivity (Wildman–Crippen MR) is 72.5 cm³/mol. The minimum atomic E-state index is -3.64. The third-order valence-corrected chi connectivity index (χ3v) is 4.55. The lowest BCUT2D eigenvalue weighted by atomic mass is 10.2. The van der Waals surface area contributed by atoms with Crippen LogP contribution in [0.3, 0.4) is 0 Å². The van der Waals surface area contributed by atoms with E-state index < -0.39 is 10.0 Å². The third kappa shape index (κ3) is 2.40. The smallest absolute Gasteiger partial charge is 0.263 e. The molecule has 0 fully saturated rings. The highest BCUT2D eigenvalue weighted by molar-refractivity contribution is 7.93. The number of hydrogen-bond donors (Lipinski definition) is 1. The zero-order valence-corrected chi connectivity index (χ0v) is 11.1. The molecule has 0 bridgehead atoms. The fourth-order valence-electron chi connectivity index (χ4n) is 1.62. The Morgan fingerprint density at radius 2 is 2.05 bits per heavy atom. The molecule has 0 unspecified atom stereocenters. The van der Waals surface area contributed by atoms with E-state index in [0.29, 0.717) is 0 Å². The maximum absolute atomic E-state index is 12.2. The van der Waals surface area contributed by atoms with Crippen molar-refractivity contribution in [2.75, 3.05) is 4.72 Å². The van der Waals surface area contributed by atoms with Gasteiger partial charge in [0.25, 0.3) is 10.0 Å². The number of hydrogen-bond acceptors (Lipinski definition) is 6. The van der Waals surface area contributed by atoms with Crippen LogP contribution in [0.25, 0.3) is 10.8 Å². The van der Waals surface area contributed by atoms with Crippen LogP contribution in [0.15, 0.2) is 47.9 Å². The van der Waals surface area contributed by atoms with E-state index in [1.807, 2.05) is 0 Å². The van der Waals surface area contributed by atoms with Crippen molar-refractivity contribution in [1.82, 2.24) is 14.3 Å². The molecule has 1 aromatic carbocycles. The molecule has 0 amide bonds. The quantitative estimate of drug-likeness (QED) is 0.796. The van der Waals surface area contributed by atoms with Crippen molar-refractivity contribution in [3.8, 4) is 0 Å². The predicted octanol–water partition coefficient (Wildman–Crippen LogP) is 1.89. The lowest BCUT2D eigenvalue weighted by Gasteiger charge is -2.05. The molecule has 0 radical (unpaired) electrons. The van der Waals surface area contributed by atoms with Crippen LogP contribution in [-0.2, 0) is 10.0 Å². The molecule has 0 saturated carbocycles. The second kappa shape index (κ2) is 4.56. The van der Waals surface area contributed by atoms with Crippen LogP contribution in [0.1, 0.15) is 0 Å². The lowest BCUT2D eigenvalue weighted by molar-refractivity contribution is 0.601. The van der Waals surface area contributed by atoms with E-state index in [4.69, 9.17) is 0 Å². The van der Waals surface area contributed by atoms with Crippen LogP contribution < -0.4 is 4.72 Å². The minimum Gasteiger partial charge on any atom is -0.264 e. The van der Waals surface area contributed by atoms with Gasteiger partial charge in [-0.2, -0.15) is 4.37 Å². The summed E-state index contributed by atoms with van der Waals surface area (Å²) in [4.78, 5) is 7.96. The van der Waals surface area contributed by atoms with Crippen molar-refractivity contribution >= 4 is 37.5 Å². The molecule has 3 aromatic rings. The van der Waals surface area contributed by atoms with Gasteiger partial charge in [0.05, 0.1) is 4.90 Å². The molecule has 96 valence electrons. The number of benzene rings is 1. The Balaban J connectivity index is 2.03. The van der Waals surface area contributed by atoms with Crippen molar-refractivity contribution < 1.29 is 8.42 Å². The van der Waals surface area contributed by atoms with E-state index in [2.05, 4.69) is 19.1 Å². The number of pyridine rings is 1. The minimum absolute atomic E-state index is 0.182. The van der Waals surface area contributed by atoms with Gasteiger partial charge in [-0.15, -0.1) is 0 Å². The first-order valence-corrected chi connectivity index (χ1v) is 7.54. The van der Waals surface area contributed by atoms with E-state index in [0.717, 1.165) is 22.3 Å². The van der Waals surface area contributed by atoms with Crippen molar-refractivity contribution in [3.63, 3.8) is 0 Å². The molecule has 0 spiro atoms. The average molecular weight is 292 g/mol. The maximum atomic E-state index is 12.2. The molecule has 0 aliphatic heterocycles. The van der Waals surface area contributed by atoms with Crippen molar-refractivity contribution in [2.24, 2.45) is 0 Å². The molecule has 3 rings (SSSR count). The monoisotopic (exact) mass is 292 g/mol. The Morgan fingerprint density at radius 1 is 1.16 bits per heavy atom. The summed E-state index contributed by atoms with van der Waals surface area (Å²) in [5.41, 5.74) is 0. The van der Waals surface area contributed by atoms with Gasteiger partial charge in [0, 0.05) is 29.3 Å². The topological polar surface area (TPSA) is 84.8 Å². The Labute approximate surface area is 113 Å². The summed E-state index contributed by atoms with van der Waals surface area (Å²) in [7, 11) is -3.64. The summed E-state index contributed by atoms with van der Waals surface area (Å²) in [6.07, 6.45) is 4.61. The number of nitrogens with zero attached hydrogens (tertiary/aromatic N) is 3. The van der Waals surface area contributed by atoms with Crippen LogP contribution in [-0.4, -0.2) is 22.8 Å². The van der Waals surface area contributed by atoms with Crippen molar-refractivity contribution in [2.45, 2.75) is 4.90 Å². The summed E-state index contributed by atoms with van der Waals surface area (Å²) in [6, 6.07) is 6.62. The van der Waals surface area contributed by atoms with Gasteiger partial charge >= 0.3 is 0 Å². The number of nitrogens with one attached hydrogen (secondary N) is 1. The van der Waals surface area contributed by atoms with Gasteiger partial charge in [-0.25, -0.2) is 13.4 Å². The first kappa shape index (κ1) is 12.0. The first-order chi connectivity index (χ1) is 9.15. The molecule has 1 N–H and O–H groups in total. The first-order valence-electron chi connectivity index (χ1n) is 5.28. The Hall–Kier alpha value is -2.06. The summed E-state index contributed by atoms with van der Waals surface area (Å²) in [5.74, 6) is 0. The molecule has 0 atom stereocenters. The van der Waals surface area contributed by atoms with E-state index in [1.165, 1.54) is 12.4 Å². The highest BCUT2D eigenvalue weighted by Gasteiger charge is 2.16. The summed E-state index contributed by atoms with van der Waals surface area (Å²) < 4.78 is 30.4. The molecule has 0 aliphatic carbocycles. The van der Waals surface area contributed by atoms with Crippen LogP contribution >= 0.6 is 11.5 Å². The van der Waals surface area contributed by atoms with Crippen LogP contribution in [0.5, 0.6) is 0 Å². The molecular weight excluding hydrogens is 284 g/mol. The molecular formula is C11H8N4O2S2. The molecule has 0 aliphatic rings. The second-order valence-corrected chi connectivity index (χ2v) is 6.20. The standard InChI is InChI=1S/C11H8N4O2S2/c16-19(17,15-11-13-7-14-18-11)10-2-1-9-6-12-4-3-8(9)5-10/h1-7H,(H,13,14,15). The van der Waals surface area contributed by atoms with Gasteiger partial charge in [-0.05, 0) is 23.6 Å². The van der Waals surface area contributed by atoms with Crippen molar-refractivity contribution in [3.05, 3.63) is 43.0 Å². The molecule has 0 saturated heterocycles. The zero-order valence-electron chi connectivity index (χ0n) is 9.52. The highest BCUT2D eigenvalue weighted by Crippen LogP contribution is 2.20. The van der Waals surface area contributed by atoms with Gasteiger partial charge in [0.2, 0.25) is 5.13 Å². The van der Waals surface area contributed by atoms with Crippen LogP contribution in [0.2, 0.25) is 0 Å². The van der Waals surface area contributed by atoms with Gasteiger partial charge in [-0.1, -0.05) is 6.07 Å². The molecule has 8 heteroatoms. The van der Waals surface area contributed by atoms with E-state index >= 15 is 0 Å². The number of rotatable bonds is 3. The van der Waals surface area contributed by atoms with E-state index in [1.54, 1.807) is 30.6 Å². The molecule has 2 heterocycles. The van der Waals surface area contributed by atoms with E-state index in [-0.39, 0.29) is 10.0 Å². The Bertz CT molecular complexity index is 816. The SMILES string of the molecule is O=S(=O)(Nc1ncns1)c1ccc2cnccc2c1. The summed E-state index contributed by atoms with van der Waals surface area (Å²) in [6.45, 7) is 0. The average Bonchev–Trinajstić information content (AvgIpc) is 2.90. The fraction of sp³-hybridized carbons (Fsp3) is 0. The largest absolute Gasteiger partial charge is 0.264 e. The van der Waals surface area contributed by atoms with Gasteiger partial charge in [0.1, 0.15) is 6.33 Å². The molecule has 2 aromatic heterocycles. The number of aromatic nitrogens is 3. The van der Waals surface area contributed by atoms with Crippen LogP contribution in [0, 0.1) is 0 Å². The second-order valence-electron chi connectivity index (χ2n) is 3.74. The Kier molecular flexibility index (Phi) is 2.88. The van der Waals surface area contributed by atoms with Crippen molar-refractivity contribution in [1.29, 1.82) is 0 Å². The fourth-order valence-corrected chi connectivity index (χ4v) is 3.32. The Morgan fingerprint density at radius 3 is 2.84 bits per heavy atom.